The Morgan fingerprint density at radius 2 is 1.84 bits per heavy atom. The molecule has 1 rings (SSSR count). The molecule has 1 unspecified atom stereocenters. The summed E-state index contributed by atoms with van der Waals surface area (Å²) in [6.45, 7) is 1.71. The lowest BCUT2D eigenvalue weighted by atomic mass is 9.87. The first-order valence-electron chi connectivity index (χ1n) is 6.17. The predicted molar refractivity (Wildman–Crippen MR) is 67.5 cm³/mol. The van der Waals surface area contributed by atoms with Gasteiger partial charge in [0.25, 0.3) is 0 Å². The second-order valence-corrected chi connectivity index (χ2v) is 4.91. The van der Waals surface area contributed by atoms with Crippen LogP contribution in [0.2, 0.25) is 0 Å². The number of rotatable bonds is 6. The van der Waals surface area contributed by atoms with Crippen molar-refractivity contribution in [3.63, 3.8) is 0 Å². The summed E-state index contributed by atoms with van der Waals surface area (Å²) < 4.78 is 37.9. The summed E-state index contributed by atoms with van der Waals surface area (Å²) in [6.07, 6.45) is -1.11. The van der Waals surface area contributed by atoms with Crippen LogP contribution in [0.4, 0.5) is 13.2 Å². The normalized spacial score (nSPS) is 15.0. The van der Waals surface area contributed by atoms with Crippen LogP contribution in [0.5, 0.6) is 0 Å². The van der Waals surface area contributed by atoms with Crippen molar-refractivity contribution in [3.8, 4) is 0 Å². The fraction of sp³-hybridized carbons (Fsp3) is 0.500. The number of nitrogens with two attached hydrogens (primary N) is 1. The van der Waals surface area contributed by atoms with E-state index in [1.54, 1.807) is 13.0 Å². The Hall–Kier alpha value is -1.36. The standard InChI is InChI=1S/C14H18F3NO/c1-13(18,8-3-2-4-9-19)11-6-5-7-12(10-11)14(15,16)17/h5-7,9-10H,2-4,8,18H2,1H3. The molecule has 0 saturated carbocycles. The molecule has 5 heteroatoms. The van der Waals surface area contributed by atoms with E-state index in [0.717, 1.165) is 18.4 Å². The number of carbonyl (C=O) groups is 1. The average Bonchev–Trinajstić information content (AvgIpc) is 2.34. The van der Waals surface area contributed by atoms with Crippen LogP contribution in [0.25, 0.3) is 0 Å². The largest absolute Gasteiger partial charge is 0.416 e. The molecule has 1 aromatic rings. The van der Waals surface area contributed by atoms with E-state index >= 15 is 0 Å². The predicted octanol–water partition coefficient (Wildman–Crippen LogP) is 3.64. The first-order valence-corrected chi connectivity index (χ1v) is 6.17. The molecule has 0 aliphatic rings. The fourth-order valence-electron chi connectivity index (χ4n) is 1.92. The van der Waals surface area contributed by atoms with E-state index < -0.39 is 17.3 Å². The van der Waals surface area contributed by atoms with Crippen molar-refractivity contribution >= 4 is 6.29 Å². The lowest BCUT2D eigenvalue weighted by Crippen LogP contribution is -2.33. The van der Waals surface area contributed by atoms with E-state index in [2.05, 4.69) is 0 Å². The van der Waals surface area contributed by atoms with E-state index in [1.807, 2.05) is 0 Å². The van der Waals surface area contributed by atoms with Crippen LogP contribution in [0.1, 0.15) is 43.7 Å². The van der Waals surface area contributed by atoms with Crippen LogP contribution in [-0.2, 0) is 16.5 Å². The third-order valence-corrected chi connectivity index (χ3v) is 3.12. The summed E-state index contributed by atoms with van der Waals surface area (Å²) in [6, 6.07) is 5.11. The molecule has 0 spiro atoms. The summed E-state index contributed by atoms with van der Waals surface area (Å²) in [4.78, 5) is 10.2. The van der Waals surface area contributed by atoms with E-state index in [0.29, 0.717) is 31.2 Å². The second-order valence-electron chi connectivity index (χ2n) is 4.91. The number of aldehydes is 1. The van der Waals surface area contributed by atoms with Crippen LogP contribution in [0, 0.1) is 0 Å². The smallest absolute Gasteiger partial charge is 0.322 e. The van der Waals surface area contributed by atoms with Crippen LogP contribution < -0.4 is 5.73 Å². The lowest BCUT2D eigenvalue weighted by Gasteiger charge is -2.26. The van der Waals surface area contributed by atoms with E-state index in [1.165, 1.54) is 6.07 Å². The van der Waals surface area contributed by atoms with Gasteiger partial charge in [-0.05, 0) is 37.5 Å². The molecule has 0 aromatic heterocycles. The molecule has 0 radical (unpaired) electrons. The molecule has 0 fully saturated rings. The van der Waals surface area contributed by atoms with Gasteiger partial charge in [0.1, 0.15) is 6.29 Å². The zero-order valence-corrected chi connectivity index (χ0v) is 10.8. The molecule has 2 nitrogen and oxygen atoms in total. The number of hydrogen-bond donors (Lipinski definition) is 1. The molecule has 1 aromatic carbocycles. The third-order valence-electron chi connectivity index (χ3n) is 3.12. The van der Waals surface area contributed by atoms with Gasteiger partial charge in [0.05, 0.1) is 5.56 Å². The fourth-order valence-corrected chi connectivity index (χ4v) is 1.92. The quantitative estimate of drug-likeness (QED) is 0.635. The van der Waals surface area contributed by atoms with Gasteiger partial charge >= 0.3 is 6.18 Å². The Morgan fingerprint density at radius 1 is 1.21 bits per heavy atom. The topological polar surface area (TPSA) is 43.1 Å². The van der Waals surface area contributed by atoms with Crippen LogP contribution in [0.15, 0.2) is 24.3 Å². The van der Waals surface area contributed by atoms with Crippen molar-refractivity contribution in [3.05, 3.63) is 35.4 Å². The number of halogens is 3. The van der Waals surface area contributed by atoms with E-state index in [4.69, 9.17) is 5.73 Å². The summed E-state index contributed by atoms with van der Waals surface area (Å²) in [5, 5.41) is 0. The molecule has 0 amide bonds. The van der Waals surface area contributed by atoms with E-state index in [9.17, 15) is 18.0 Å². The molecule has 0 saturated heterocycles. The van der Waals surface area contributed by atoms with Crippen molar-refractivity contribution in [2.75, 3.05) is 0 Å². The third kappa shape index (κ3) is 4.67. The van der Waals surface area contributed by atoms with E-state index in [-0.39, 0.29) is 0 Å². The Morgan fingerprint density at radius 3 is 2.42 bits per heavy atom. The molecular weight excluding hydrogens is 255 g/mol. The van der Waals surface area contributed by atoms with Gasteiger partial charge < -0.3 is 10.5 Å². The van der Waals surface area contributed by atoms with Gasteiger partial charge in [-0.1, -0.05) is 18.6 Å². The minimum atomic E-state index is -4.36. The van der Waals surface area contributed by atoms with Crippen LogP contribution in [-0.4, -0.2) is 6.29 Å². The van der Waals surface area contributed by atoms with Crippen molar-refractivity contribution in [2.45, 2.75) is 44.3 Å². The van der Waals surface area contributed by atoms with Crippen molar-refractivity contribution in [1.82, 2.24) is 0 Å². The Labute approximate surface area is 110 Å². The number of alkyl halides is 3. The summed E-state index contributed by atoms with van der Waals surface area (Å²) >= 11 is 0. The highest BCUT2D eigenvalue weighted by molar-refractivity contribution is 5.48. The molecule has 106 valence electrons. The molecule has 2 N–H and O–H groups in total. The monoisotopic (exact) mass is 273 g/mol. The van der Waals surface area contributed by atoms with Gasteiger partial charge in [-0.3, -0.25) is 0 Å². The average molecular weight is 273 g/mol. The molecule has 1 atom stereocenters. The van der Waals surface area contributed by atoms with Gasteiger partial charge in [0, 0.05) is 12.0 Å². The maximum atomic E-state index is 12.6. The molecule has 0 aliphatic heterocycles. The van der Waals surface area contributed by atoms with Gasteiger partial charge in [-0.2, -0.15) is 13.2 Å². The SMILES string of the molecule is CC(N)(CCCCC=O)c1cccc(C(F)(F)F)c1. The Balaban J connectivity index is 2.80. The highest BCUT2D eigenvalue weighted by atomic mass is 19.4. The highest BCUT2D eigenvalue weighted by Gasteiger charge is 2.32. The van der Waals surface area contributed by atoms with Crippen LogP contribution in [0.3, 0.4) is 0 Å². The van der Waals surface area contributed by atoms with Gasteiger partial charge in [0.15, 0.2) is 0 Å². The Bertz CT molecular complexity index is 427. The first-order chi connectivity index (χ1) is 8.77. The van der Waals surface area contributed by atoms with Gasteiger partial charge in [-0.25, -0.2) is 0 Å². The summed E-state index contributed by atoms with van der Waals surface area (Å²) in [5.41, 5.74) is 5.04. The van der Waals surface area contributed by atoms with Crippen molar-refractivity contribution < 1.29 is 18.0 Å². The lowest BCUT2D eigenvalue weighted by molar-refractivity contribution is -0.137. The molecule has 19 heavy (non-hydrogen) atoms. The van der Waals surface area contributed by atoms with Gasteiger partial charge in [0.2, 0.25) is 0 Å². The number of hydrogen-bond acceptors (Lipinski definition) is 2. The summed E-state index contributed by atoms with van der Waals surface area (Å²) in [5.74, 6) is 0. The Kier molecular flexibility index (Phi) is 5.11. The maximum absolute atomic E-state index is 12.6. The zero-order chi connectivity index (χ0) is 14.5. The molecule has 0 bridgehead atoms. The van der Waals surface area contributed by atoms with Crippen molar-refractivity contribution in [1.29, 1.82) is 0 Å². The molecule has 0 heterocycles. The minimum Gasteiger partial charge on any atom is -0.322 e. The summed E-state index contributed by atoms with van der Waals surface area (Å²) in [7, 11) is 0. The van der Waals surface area contributed by atoms with Crippen molar-refractivity contribution in [2.24, 2.45) is 5.73 Å². The minimum absolute atomic E-state index is 0.457. The first kappa shape index (κ1) is 15.7. The second kappa shape index (κ2) is 6.19. The maximum Gasteiger partial charge on any atom is 0.416 e. The zero-order valence-electron chi connectivity index (χ0n) is 10.8. The van der Waals surface area contributed by atoms with Crippen LogP contribution >= 0.6 is 0 Å². The number of benzene rings is 1. The highest BCUT2D eigenvalue weighted by Crippen LogP contribution is 2.32. The molecular formula is C14H18F3NO. The molecule has 0 aliphatic carbocycles. The number of unbranched alkanes of at least 4 members (excludes halogenated alkanes) is 2. The van der Waals surface area contributed by atoms with Gasteiger partial charge in [-0.15, -0.1) is 0 Å². The number of carbonyl (C=O) groups excluding carboxylic acids is 1.